The molecule has 0 saturated carbocycles. The van der Waals surface area contributed by atoms with Gasteiger partial charge in [-0.2, -0.15) is 4.39 Å². The number of amides is 3. The van der Waals surface area contributed by atoms with Crippen LogP contribution >= 0.6 is 0 Å². The summed E-state index contributed by atoms with van der Waals surface area (Å²) in [5.41, 5.74) is 6.39. The summed E-state index contributed by atoms with van der Waals surface area (Å²) < 4.78 is 13.8. The summed E-state index contributed by atoms with van der Waals surface area (Å²) in [6, 6.07) is 6.49. The monoisotopic (exact) mass is 371 g/mol. The number of nitrogens with two attached hydrogens (primary N) is 1. The Hall–Kier alpha value is -3.16. The number of aliphatic imine (C=N–C) groups is 1. The van der Waals surface area contributed by atoms with E-state index < -0.39 is 17.5 Å². The summed E-state index contributed by atoms with van der Waals surface area (Å²) in [7, 11) is 1.59. The average molecular weight is 371 g/mol. The van der Waals surface area contributed by atoms with Crippen molar-refractivity contribution in [2.24, 2.45) is 10.7 Å². The summed E-state index contributed by atoms with van der Waals surface area (Å²) in [6.07, 6.45) is 5.23. The second kappa shape index (κ2) is 7.22. The Morgan fingerprint density at radius 1 is 1.44 bits per heavy atom. The fourth-order valence-corrected chi connectivity index (χ4v) is 3.15. The van der Waals surface area contributed by atoms with Crippen LogP contribution < -0.4 is 11.1 Å². The molecule has 3 N–H and O–H groups in total. The van der Waals surface area contributed by atoms with Crippen molar-refractivity contribution in [1.29, 1.82) is 0 Å². The van der Waals surface area contributed by atoms with Crippen molar-refractivity contribution in [2.45, 2.75) is 25.3 Å². The minimum absolute atomic E-state index is 0.119. The van der Waals surface area contributed by atoms with Crippen LogP contribution in [0.4, 0.5) is 14.9 Å². The maximum atomic E-state index is 13.8. The molecule has 7 nitrogen and oxygen atoms in total. The van der Waals surface area contributed by atoms with Crippen molar-refractivity contribution in [2.75, 3.05) is 18.9 Å². The first kappa shape index (κ1) is 18.6. The van der Waals surface area contributed by atoms with E-state index in [0.717, 1.165) is 10.5 Å². The van der Waals surface area contributed by atoms with E-state index in [9.17, 15) is 14.0 Å². The molecular weight excluding hydrogens is 349 g/mol. The van der Waals surface area contributed by atoms with E-state index in [2.05, 4.69) is 10.3 Å². The molecule has 2 heterocycles. The molecule has 0 aliphatic carbocycles. The van der Waals surface area contributed by atoms with E-state index in [-0.39, 0.29) is 24.8 Å². The molecule has 0 saturated heterocycles. The lowest BCUT2D eigenvalue weighted by Gasteiger charge is -2.36. The highest BCUT2D eigenvalue weighted by Gasteiger charge is 2.38. The molecule has 3 rings (SSSR count). The van der Waals surface area contributed by atoms with Gasteiger partial charge in [-0.3, -0.25) is 14.6 Å². The number of carbonyl (C=O) groups is 2. The zero-order valence-electron chi connectivity index (χ0n) is 15.3. The van der Waals surface area contributed by atoms with Gasteiger partial charge in [0.15, 0.2) is 11.9 Å². The van der Waals surface area contributed by atoms with Gasteiger partial charge in [0.05, 0.1) is 12.0 Å². The van der Waals surface area contributed by atoms with Crippen LogP contribution in [0.3, 0.4) is 0 Å². The highest BCUT2D eigenvalue weighted by molar-refractivity contribution is 5.99. The number of hydrogen-bond acceptors (Lipinski definition) is 4. The molecule has 1 aromatic carbocycles. The zero-order valence-corrected chi connectivity index (χ0v) is 15.3. The van der Waals surface area contributed by atoms with E-state index in [1.165, 1.54) is 11.0 Å². The second-order valence-electron chi connectivity index (χ2n) is 6.52. The van der Waals surface area contributed by atoms with Gasteiger partial charge in [-0.05, 0) is 30.2 Å². The topological polar surface area (TPSA) is 91.0 Å². The number of anilines is 1. The van der Waals surface area contributed by atoms with Crippen molar-refractivity contribution < 1.29 is 14.0 Å². The predicted molar refractivity (Wildman–Crippen MR) is 101 cm³/mol. The van der Waals surface area contributed by atoms with Crippen LogP contribution in [0.5, 0.6) is 0 Å². The average Bonchev–Trinajstić information content (AvgIpc) is 2.66. The van der Waals surface area contributed by atoms with Gasteiger partial charge in [0, 0.05) is 19.3 Å². The number of halogens is 1. The molecule has 0 fully saturated rings. The molecule has 8 heteroatoms. The number of hydrogen-bond donors (Lipinski definition) is 2. The Bertz CT molecular complexity index is 863. The predicted octanol–water partition coefficient (Wildman–Crippen LogP) is 2.68. The number of allylic oxidation sites excluding steroid dienone is 2. The number of carbonyl (C=O) groups excluding carboxylic acids is 2. The highest BCUT2D eigenvalue weighted by atomic mass is 19.1. The summed E-state index contributed by atoms with van der Waals surface area (Å²) >= 11 is 0. The lowest BCUT2D eigenvalue weighted by atomic mass is 9.83. The van der Waals surface area contributed by atoms with E-state index in [0.29, 0.717) is 12.1 Å². The molecule has 1 atom stereocenters. The van der Waals surface area contributed by atoms with Crippen LogP contribution in [0.15, 0.2) is 53.4 Å². The van der Waals surface area contributed by atoms with Gasteiger partial charge in [0.25, 0.3) is 0 Å². The number of rotatable bonds is 3. The first-order chi connectivity index (χ1) is 12.9. The normalized spacial score (nSPS) is 22.4. The summed E-state index contributed by atoms with van der Waals surface area (Å²) in [5.74, 6) is -0.574. The van der Waals surface area contributed by atoms with Crippen molar-refractivity contribution in [3.05, 3.63) is 54.0 Å². The molecule has 0 radical (unpaired) electrons. The van der Waals surface area contributed by atoms with E-state index >= 15 is 0 Å². The number of urea groups is 1. The summed E-state index contributed by atoms with van der Waals surface area (Å²) in [4.78, 5) is 31.5. The van der Waals surface area contributed by atoms with Gasteiger partial charge in [0.1, 0.15) is 0 Å². The largest absolute Gasteiger partial charge is 0.369 e. The number of guanidine groups is 1. The molecule has 2 aliphatic rings. The Labute approximate surface area is 157 Å². The number of nitrogens with zero attached hydrogens (tertiary/aromatic N) is 3. The molecule has 1 aromatic rings. The zero-order chi connectivity index (χ0) is 19.6. The van der Waals surface area contributed by atoms with Gasteiger partial charge < -0.3 is 11.1 Å². The van der Waals surface area contributed by atoms with Gasteiger partial charge in [0.2, 0.25) is 5.91 Å². The van der Waals surface area contributed by atoms with Crippen LogP contribution in [0.25, 0.3) is 0 Å². The van der Waals surface area contributed by atoms with Gasteiger partial charge in [-0.1, -0.05) is 31.2 Å². The molecule has 142 valence electrons. The van der Waals surface area contributed by atoms with Gasteiger partial charge >= 0.3 is 6.03 Å². The smallest absolute Gasteiger partial charge is 0.328 e. The Balaban J connectivity index is 1.87. The first-order valence-electron chi connectivity index (χ1n) is 8.69. The second-order valence-corrected chi connectivity index (χ2v) is 6.52. The first-order valence-corrected chi connectivity index (χ1v) is 8.69. The fourth-order valence-electron chi connectivity index (χ4n) is 3.15. The fraction of sp³-hybridized carbons (Fsp3) is 0.316. The number of benzene rings is 1. The SMILES string of the molecule is CC[C@@]1(c2cccc(NC(=O)N3CC=CC=C3F)c2)CC(=O)N(C)C(N)=N1. The van der Waals surface area contributed by atoms with E-state index in [1.54, 1.807) is 37.4 Å². The molecule has 3 amide bonds. The van der Waals surface area contributed by atoms with Crippen LogP contribution in [-0.2, 0) is 10.3 Å². The van der Waals surface area contributed by atoms with E-state index in [1.807, 2.05) is 13.0 Å². The third-order valence-corrected chi connectivity index (χ3v) is 4.89. The Kier molecular flexibility index (Phi) is 4.98. The van der Waals surface area contributed by atoms with Crippen molar-refractivity contribution in [3.63, 3.8) is 0 Å². The van der Waals surface area contributed by atoms with Crippen LogP contribution in [-0.4, -0.2) is 41.3 Å². The van der Waals surface area contributed by atoms with Crippen LogP contribution in [0, 0.1) is 0 Å². The molecule has 0 aromatic heterocycles. The number of nitrogens with one attached hydrogen (secondary N) is 1. The van der Waals surface area contributed by atoms with Crippen molar-refractivity contribution in [1.82, 2.24) is 9.80 Å². The highest BCUT2D eigenvalue weighted by Crippen LogP contribution is 2.37. The molecular formula is C19H22FN5O2. The third kappa shape index (κ3) is 3.55. The minimum Gasteiger partial charge on any atom is -0.369 e. The molecule has 0 bridgehead atoms. The third-order valence-electron chi connectivity index (χ3n) is 4.89. The molecule has 0 spiro atoms. The maximum Gasteiger partial charge on any atom is 0.328 e. The quantitative estimate of drug-likeness (QED) is 0.801. The van der Waals surface area contributed by atoms with Crippen molar-refractivity contribution >= 4 is 23.6 Å². The minimum atomic E-state index is -0.784. The van der Waals surface area contributed by atoms with Crippen molar-refractivity contribution in [3.8, 4) is 0 Å². The lowest BCUT2D eigenvalue weighted by molar-refractivity contribution is -0.128. The molecule has 0 unspecified atom stereocenters. The Morgan fingerprint density at radius 2 is 2.22 bits per heavy atom. The van der Waals surface area contributed by atoms with Gasteiger partial charge in [-0.15, -0.1) is 0 Å². The standard InChI is InChI=1S/C19H22FN5O2/c1-3-19(12-16(26)24(2)17(21)23-19)13-7-6-8-14(11-13)22-18(27)25-10-5-4-9-15(25)20/h4-9,11H,3,10,12H2,1-2H3,(H2,21,23)(H,22,27)/t19-/m0/s1. The van der Waals surface area contributed by atoms with Crippen LogP contribution in [0.2, 0.25) is 0 Å². The van der Waals surface area contributed by atoms with Crippen LogP contribution in [0.1, 0.15) is 25.3 Å². The van der Waals surface area contributed by atoms with E-state index in [4.69, 9.17) is 5.73 Å². The molecule has 2 aliphatic heterocycles. The summed E-state index contributed by atoms with van der Waals surface area (Å²) in [6.45, 7) is 2.09. The lowest BCUT2D eigenvalue weighted by Crippen LogP contribution is -2.48. The van der Waals surface area contributed by atoms with Gasteiger partial charge in [-0.25, -0.2) is 9.79 Å². The summed E-state index contributed by atoms with van der Waals surface area (Å²) in [5, 5.41) is 2.69. The molecule has 27 heavy (non-hydrogen) atoms. The Morgan fingerprint density at radius 3 is 2.89 bits per heavy atom. The maximum absolute atomic E-state index is 13.8.